The van der Waals surface area contributed by atoms with E-state index in [-0.39, 0.29) is 13.2 Å². The number of nitrogens with zero attached hydrogens (tertiary/aromatic N) is 4. The summed E-state index contributed by atoms with van der Waals surface area (Å²) in [5.41, 5.74) is 1.11. The van der Waals surface area contributed by atoms with Crippen molar-refractivity contribution in [3.63, 3.8) is 0 Å². The van der Waals surface area contributed by atoms with E-state index in [2.05, 4.69) is 26.0 Å². The molecule has 9 nitrogen and oxygen atoms in total. The third kappa shape index (κ3) is 6.15. The zero-order chi connectivity index (χ0) is 23.0. The van der Waals surface area contributed by atoms with Crippen molar-refractivity contribution in [1.29, 1.82) is 0 Å². The van der Waals surface area contributed by atoms with Crippen molar-refractivity contribution in [1.82, 2.24) is 15.0 Å². The first kappa shape index (κ1) is 22.9. The number of hydrogen-bond donors (Lipinski definition) is 1. The zero-order valence-corrected chi connectivity index (χ0v) is 19.0. The summed E-state index contributed by atoms with van der Waals surface area (Å²) >= 11 is 0. The fourth-order valence-electron chi connectivity index (χ4n) is 3.83. The van der Waals surface area contributed by atoms with E-state index >= 15 is 0 Å². The molecule has 33 heavy (non-hydrogen) atoms. The molecule has 1 unspecified atom stereocenters. The average molecular weight is 455 g/mol. The van der Waals surface area contributed by atoms with Crippen LogP contribution in [0.1, 0.15) is 11.7 Å². The van der Waals surface area contributed by atoms with Gasteiger partial charge in [-0.15, -0.1) is 0 Å². The van der Waals surface area contributed by atoms with Gasteiger partial charge >= 0.3 is 0 Å². The Kier molecular flexibility index (Phi) is 7.64. The van der Waals surface area contributed by atoms with Crippen molar-refractivity contribution in [3.8, 4) is 17.2 Å². The number of benzene rings is 2. The topological polar surface area (TPSA) is 93.3 Å². The second-order valence-electron chi connectivity index (χ2n) is 7.90. The van der Waals surface area contributed by atoms with Crippen molar-refractivity contribution < 1.29 is 23.8 Å². The Morgan fingerprint density at radius 3 is 2.30 bits per heavy atom. The van der Waals surface area contributed by atoms with Gasteiger partial charge in [-0.05, 0) is 31.2 Å². The number of aryl methyl sites for hydroxylation is 1. The van der Waals surface area contributed by atoms with Crippen molar-refractivity contribution in [3.05, 3.63) is 60.2 Å². The van der Waals surface area contributed by atoms with E-state index in [0.29, 0.717) is 29.8 Å². The van der Waals surface area contributed by atoms with Gasteiger partial charge in [0.1, 0.15) is 18.5 Å². The minimum atomic E-state index is -0.616. The van der Waals surface area contributed by atoms with Gasteiger partial charge in [-0.3, -0.25) is 4.90 Å². The number of aromatic nitrogens is 2. The molecular weight excluding hydrogens is 424 g/mol. The van der Waals surface area contributed by atoms with Gasteiger partial charge in [0.25, 0.3) is 5.89 Å². The van der Waals surface area contributed by atoms with Crippen LogP contribution in [0.4, 0.5) is 5.69 Å². The normalized spacial score (nSPS) is 15.3. The Morgan fingerprint density at radius 2 is 1.64 bits per heavy atom. The Morgan fingerprint density at radius 1 is 0.970 bits per heavy atom. The number of rotatable bonds is 10. The van der Waals surface area contributed by atoms with Gasteiger partial charge in [0, 0.05) is 32.7 Å². The summed E-state index contributed by atoms with van der Waals surface area (Å²) in [5, 5.41) is 14.3. The molecule has 2 heterocycles. The lowest BCUT2D eigenvalue weighted by molar-refractivity contribution is 0.0647. The van der Waals surface area contributed by atoms with Crippen LogP contribution in [0.5, 0.6) is 17.2 Å². The largest absolute Gasteiger partial charge is 0.495 e. The molecule has 0 radical (unpaired) electrons. The first-order chi connectivity index (χ1) is 16.1. The van der Waals surface area contributed by atoms with Gasteiger partial charge in [0.05, 0.1) is 12.8 Å². The fourth-order valence-corrected chi connectivity index (χ4v) is 3.83. The van der Waals surface area contributed by atoms with E-state index in [1.807, 2.05) is 42.5 Å². The van der Waals surface area contributed by atoms with Crippen molar-refractivity contribution in [2.45, 2.75) is 19.6 Å². The molecule has 9 heteroatoms. The lowest BCUT2D eigenvalue weighted by Crippen LogP contribution is -2.49. The van der Waals surface area contributed by atoms with Gasteiger partial charge in [0.15, 0.2) is 23.9 Å². The summed E-state index contributed by atoms with van der Waals surface area (Å²) in [5.74, 6) is 2.97. The number of hydrogen-bond acceptors (Lipinski definition) is 9. The van der Waals surface area contributed by atoms with Crippen LogP contribution >= 0.6 is 0 Å². The van der Waals surface area contributed by atoms with E-state index in [9.17, 15) is 5.11 Å². The molecular formula is C24H30N4O5. The molecule has 0 bridgehead atoms. The van der Waals surface area contributed by atoms with Crippen molar-refractivity contribution in [2.75, 3.05) is 51.3 Å². The van der Waals surface area contributed by atoms with Gasteiger partial charge in [0.2, 0.25) is 0 Å². The average Bonchev–Trinajstić information content (AvgIpc) is 3.27. The van der Waals surface area contributed by atoms with Gasteiger partial charge in [-0.1, -0.05) is 29.4 Å². The van der Waals surface area contributed by atoms with Crippen molar-refractivity contribution in [2.24, 2.45) is 0 Å². The predicted octanol–water partition coefficient (Wildman–Crippen LogP) is 2.53. The highest BCUT2D eigenvalue weighted by Crippen LogP contribution is 2.29. The number of methoxy groups -OCH3 is 1. The third-order valence-electron chi connectivity index (χ3n) is 5.47. The quantitative estimate of drug-likeness (QED) is 0.496. The fraction of sp³-hybridized carbons (Fsp3) is 0.417. The molecule has 176 valence electrons. The molecule has 0 amide bonds. The van der Waals surface area contributed by atoms with E-state index in [0.717, 1.165) is 37.6 Å². The predicted molar refractivity (Wildman–Crippen MR) is 123 cm³/mol. The molecule has 3 aromatic rings. The molecule has 1 N–H and O–H groups in total. The number of para-hydroxylation sites is 4. The number of aliphatic hydroxyl groups is 1. The minimum absolute atomic E-state index is 0.153. The maximum absolute atomic E-state index is 10.6. The SMILES string of the molecule is COc1ccccc1N1CCN(CC(O)COc2ccccc2OCc2nc(C)no2)CC1. The Balaban J connectivity index is 1.23. The number of piperazine rings is 1. The molecule has 4 rings (SSSR count). The second kappa shape index (κ2) is 11.0. The lowest BCUT2D eigenvalue weighted by Gasteiger charge is -2.37. The van der Waals surface area contributed by atoms with E-state index in [1.54, 1.807) is 14.0 Å². The first-order valence-corrected chi connectivity index (χ1v) is 11.0. The summed E-state index contributed by atoms with van der Waals surface area (Å²) in [7, 11) is 1.70. The second-order valence-corrected chi connectivity index (χ2v) is 7.90. The third-order valence-corrected chi connectivity index (χ3v) is 5.47. The van der Waals surface area contributed by atoms with Crippen LogP contribution in [0.15, 0.2) is 53.1 Å². The maximum Gasteiger partial charge on any atom is 0.264 e. The number of β-amino-alcohol motifs (C(OH)–C–C–N with tert-alkyl or cyclic N) is 1. The highest BCUT2D eigenvalue weighted by atomic mass is 16.5. The smallest absolute Gasteiger partial charge is 0.264 e. The summed E-state index contributed by atoms with van der Waals surface area (Å²) in [4.78, 5) is 8.70. The van der Waals surface area contributed by atoms with E-state index in [4.69, 9.17) is 18.7 Å². The molecule has 1 aliphatic heterocycles. The van der Waals surface area contributed by atoms with Crippen LogP contribution in [0, 0.1) is 6.92 Å². The van der Waals surface area contributed by atoms with Crippen LogP contribution in [-0.4, -0.2) is 72.7 Å². The number of ether oxygens (including phenoxy) is 3. The number of aliphatic hydroxyl groups excluding tert-OH is 1. The van der Waals surface area contributed by atoms with E-state index in [1.165, 1.54) is 0 Å². The van der Waals surface area contributed by atoms with Crippen LogP contribution in [0.25, 0.3) is 0 Å². The molecule has 1 atom stereocenters. The molecule has 0 saturated carbocycles. The van der Waals surface area contributed by atoms with Gasteiger partial charge in [-0.25, -0.2) is 0 Å². The summed E-state index contributed by atoms with van der Waals surface area (Å²) in [6.45, 7) is 6.09. The minimum Gasteiger partial charge on any atom is -0.495 e. The number of anilines is 1. The summed E-state index contributed by atoms with van der Waals surface area (Å²) in [6, 6.07) is 15.4. The van der Waals surface area contributed by atoms with Crippen LogP contribution in [0.2, 0.25) is 0 Å². The highest BCUT2D eigenvalue weighted by molar-refractivity contribution is 5.58. The summed E-state index contributed by atoms with van der Waals surface area (Å²) < 4.78 is 22.2. The Hall–Kier alpha value is -3.30. The lowest BCUT2D eigenvalue weighted by atomic mass is 10.2. The highest BCUT2D eigenvalue weighted by Gasteiger charge is 2.21. The molecule has 1 aliphatic rings. The van der Waals surface area contributed by atoms with Crippen LogP contribution in [-0.2, 0) is 6.61 Å². The molecule has 0 spiro atoms. The monoisotopic (exact) mass is 454 g/mol. The van der Waals surface area contributed by atoms with E-state index < -0.39 is 6.10 Å². The standard InChI is InChI=1S/C24H30N4O5/c1-18-25-24(33-26-18)17-32-23-10-6-5-9-22(23)31-16-19(29)15-27-11-13-28(14-12-27)20-7-3-4-8-21(20)30-2/h3-10,19,29H,11-17H2,1-2H3. The zero-order valence-electron chi connectivity index (χ0n) is 19.0. The summed E-state index contributed by atoms with van der Waals surface area (Å²) in [6.07, 6.45) is -0.616. The first-order valence-electron chi connectivity index (χ1n) is 11.0. The maximum atomic E-state index is 10.6. The molecule has 1 fully saturated rings. The van der Waals surface area contributed by atoms with Gasteiger partial charge < -0.3 is 28.7 Å². The van der Waals surface area contributed by atoms with Crippen LogP contribution < -0.4 is 19.1 Å². The molecule has 1 aromatic heterocycles. The van der Waals surface area contributed by atoms with Crippen molar-refractivity contribution >= 4 is 5.69 Å². The molecule has 1 saturated heterocycles. The Bertz CT molecular complexity index is 1020. The molecule has 0 aliphatic carbocycles. The Labute approximate surface area is 193 Å². The molecule has 2 aromatic carbocycles. The van der Waals surface area contributed by atoms with Gasteiger partial charge in [-0.2, -0.15) is 4.98 Å². The van der Waals surface area contributed by atoms with Crippen LogP contribution in [0.3, 0.4) is 0 Å².